The molecule has 0 spiro atoms. The van der Waals surface area contributed by atoms with Crippen molar-refractivity contribution in [1.29, 1.82) is 0 Å². The van der Waals surface area contributed by atoms with Crippen LogP contribution in [0.4, 0.5) is 4.39 Å². The van der Waals surface area contributed by atoms with Crippen LogP contribution in [0.3, 0.4) is 0 Å². The van der Waals surface area contributed by atoms with E-state index >= 15 is 0 Å². The quantitative estimate of drug-likeness (QED) is 0.725. The van der Waals surface area contributed by atoms with E-state index < -0.39 is 36.1 Å². The van der Waals surface area contributed by atoms with Gasteiger partial charge in [0, 0.05) is 10.9 Å². The summed E-state index contributed by atoms with van der Waals surface area (Å²) in [7, 11) is 0. The molecule has 20 heavy (non-hydrogen) atoms. The number of aliphatic carboxylic acids is 2. The SMILES string of the molecule is O=C(O)CC[C@H](NC(=O)c1cc(Br)ccc1F)C(=O)O. The van der Waals surface area contributed by atoms with E-state index in [0.717, 1.165) is 6.07 Å². The number of carboxylic acids is 2. The summed E-state index contributed by atoms with van der Waals surface area (Å²) in [6, 6.07) is 2.27. The van der Waals surface area contributed by atoms with Crippen molar-refractivity contribution in [1.82, 2.24) is 5.32 Å². The largest absolute Gasteiger partial charge is 0.481 e. The molecule has 1 rings (SSSR count). The number of nitrogens with one attached hydrogen (secondary N) is 1. The molecule has 0 fully saturated rings. The third kappa shape index (κ3) is 4.61. The molecule has 1 aromatic rings. The van der Waals surface area contributed by atoms with Gasteiger partial charge in [0.1, 0.15) is 11.9 Å². The Balaban J connectivity index is 2.82. The number of amides is 1. The molecule has 0 saturated heterocycles. The fraction of sp³-hybridized carbons (Fsp3) is 0.250. The van der Waals surface area contributed by atoms with Crippen LogP contribution in [-0.4, -0.2) is 34.1 Å². The molecule has 1 atom stereocenters. The fourth-order valence-corrected chi connectivity index (χ4v) is 1.79. The number of carbonyl (C=O) groups excluding carboxylic acids is 1. The molecule has 6 nitrogen and oxygen atoms in total. The standard InChI is InChI=1S/C12H11BrFNO5/c13-6-1-2-8(14)7(5-6)11(18)15-9(12(19)20)3-4-10(16)17/h1-2,5,9H,3-4H2,(H,15,18)(H,16,17)(H,19,20)/t9-/m0/s1. The van der Waals surface area contributed by atoms with Crippen LogP contribution >= 0.6 is 15.9 Å². The average Bonchev–Trinajstić information content (AvgIpc) is 2.36. The van der Waals surface area contributed by atoms with Gasteiger partial charge in [-0.15, -0.1) is 0 Å². The average molecular weight is 348 g/mol. The monoisotopic (exact) mass is 347 g/mol. The first kappa shape index (κ1) is 16.1. The fourth-order valence-electron chi connectivity index (χ4n) is 1.43. The van der Waals surface area contributed by atoms with Crippen LogP contribution < -0.4 is 5.32 Å². The maximum absolute atomic E-state index is 13.5. The summed E-state index contributed by atoms with van der Waals surface area (Å²) in [4.78, 5) is 33.1. The first-order valence-corrected chi connectivity index (χ1v) is 6.31. The van der Waals surface area contributed by atoms with Gasteiger partial charge >= 0.3 is 11.9 Å². The van der Waals surface area contributed by atoms with Gasteiger partial charge in [-0.25, -0.2) is 9.18 Å². The number of rotatable bonds is 6. The molecule has 0 bridgehead atoms. The molecule has 0 heterocycles. The maximum atomic E-state index is 13.5. The van der Waals surface area contributed by atoms with E-state index in [-0.39, 0.29) is 12.0 Å². The summed E-state index contributed by atoms with van der Waals surface area (Å²) in [5.41, 5.74) is -0.319. The van der Waals surface area contributed by atoms with Gasteiger partial charge in [-0.2, -0.15) is 0 Å². The third-order valence-corrected chi connectivity index (χ3v) is 2.92. The van der Waals surface area contributed by atoms with Crippen LogP contribution in [0.1, 0.15) is 23.2 Å². The Bertz CT molecular complexity index is 549. The molecular formula is C12H11BrFNO5. The highest BCUT2D eigenvalue weighted by Crippen LogP contribution is 2.15. The number of hydrogen-bond acceptors (Lipinski definition) is 3. The van der Waals surface area contributed by atoms with E-state index in [1.165, 1.54) is 12.1 Å². The summed E-state index contributed by atoms with van der Waals surface area (Å²) in [5.74, 6) is -4.27. The van der Waals surface area contributed by atoms with E-state index in [4.69, 9.17) is 10.2 Å². The van der Waals surface area contributed by atoms with Crippen molar-refractivity contribution in [3.63, 3.8) is 0 Å². The zero-order chi connectivity index (χ0) is 15.3. The van der Waals surface area contributed by atoms with Crippen molar-refractivity contribution in [2.45, 2.75) is 18.9 Å². The molecule has 108 valence electrons. The Hall–Kier alpha value is -1.96. The predicted octanol–water partition coefficient (Wildman–Crippen LogP) is 1.64. The second-order valence-corrected chi connectivity index (χ2v) is 4.84. The van der Waals surface area contributed by atoms with Gasteiger partial charge < -0.3 is 15.5 Å². The number of carboxylic acid groups (broad SMARTS) is 2. The van der Waals surface area contributed by atoms with Crippen molar-refractivity contribution >= 4 is 33.8 Å². The van der Waals surface area contributed by atoms with Gasteiger partial charge in [0.2, 0.25) is 0 Å². The van der Waals surface area contributed by atoms with Crippen molar-refractivity contribution < 1.29 is 29.0 Å². The lowest BCUT2D eigenvalue weighted by Gasteiger charge is -2.14. The van der Waals surface area contributed by atoms with E-state index in [0.29, 0.717) is 4.47 Å². The van der Waals surface area contributed by atoms with Crippen molar-refractivity contribution in [2.24, 2.45) is 0 Å². The molecule has 0 aromatic heterocycles. The molecule has 0 aliphatic heterocycles. The van der Waals surface area contributed by atoms with E-state index in [1.54, 1.807) is 0 Å². The maximum Gasteiger partial charge on any atom is 0.326 e. The van der Waals surface area contributed by atoms with E-state index in [2.05, 4.69) is 21.2 Å². The highest BCUT2D eigenvalue weighted by Gasteiger charge is 2.23. The highest BCUT2D eigenvalue weighted by molar-refractivity contribution is 9.10. The van der Waals surface area contributed by atoms with Gasteiger partial charge in [-0.3, -0.25) is 9.59 Å². The summed E-state index contributed by atoms with van der Waals surface area (Å²) < 4.78 is 13.9. The zero-order valence-corrected chi connectivity index (χ0v) is 11.7. The smallest absolute Gasteiger partial charge is 0.326 e. The molecule has 0 radical (unpaired) electrons. The molecule has 0 unspecified atom stereocenters. The van der Waals surface area contributed by atoms with Crippen LogP contribution in [0.5, 0.6) is 0 Å². The minimum atomic E-state index is -1.39. The second-order valence-electron chi connectivity index (χ2n) is 3.92. The normalized spacial score (nSPS) is 11.7. The highest BCUT2D eigenvalue weighted by atomic mass is 79.9. The van der Waals surface area contributed by atoms with Crippen LogP contribution in [0, 0.1) is 5.82 Å². The van der Waals surface area contributed by atoms with Crippen LogP contribution in [0.25, 0.3) is 0 Å². The van der Waals surface area contributed by atoms with Crippen LogP contribution in [0.2, 0.25) is 0 Å². The lowest BCUT2D eigenvalue weighted by molar-refractivity contribution is -0.140. The van der Waals surface area contributed by atoms with Crippen molar-refractivity contribution in [3.05, 3.63) is 34.1 Å². The predicted molar refractivity (Wildman–Crippen MR) is 69.9 cm³/mol. The molecule has 1 amide bonds. The van der Waals surface area contributed by atoms with E-state index in [1.807, 2.05) is 0 Å². The molecule has 8 heteroatoms. The Labute approximate surface area is 121 Å². The summed E-state index contributed by atoms with van der Waals surface area (Å²) in [6.07, 6.45) is -0.704. The van der Waals surface area contributed by atoms with Gasteiger partial charge in [0.05, 0.1) is 5.56 Å². The summed E-state index contributed by atoms with van der Waals surface area (Å²) >= 11 is 3.07. The second kappa shape index (κ2) is 6.99. The topological polar surface area (TPSA) is 104 Å². The number of hydrogen-bond donors (Lipinski definition) is 3. The summed E-state index contributed by atoms with van der Waals surface area (Å²) in [6.45, 7) is 0. The Morgan fingerprint density at radius 3 is 2.50 bits per heavy atom. The number of carbonyl (C=O) groups is 3. The molecule has 3 N–H and O–H groups in total. The number of benzene rings is 1. The van der Waals surface area contributed by atoms with Gasteiger partial charge in [-0.05, 0) is 24.6 Å². The first-order chi connectivity index (χ1) is 9.31. The van der Waals surface area contributed by atoms with Crippen LogP contribution in [0.15, 0.2) is 22.7 Å². The minimum absolute atomic E-state index is 0.286. The molecular weight excluding hydrogens is 337 g/mol. The van der Waals surface area contributed by atoms with Gasteiger partial charge in [-0.1, -0.05) is 15.9 Å². The lowest BCUT2D eigenvalue weighted by Crippen LogP contribution is -2.41. The third-order valence-electron chi connectivity index (χ3n) is 2.42. The molecule has 0 aliphatic carbocycles. The Morgan fingerprint density at radius 2 is 1.95 bits per heavy atom. The Morgan fingerprint density at radius 1 is 1.30 bits per heavy atom. The molecule has 0 aliphatic rings. The van der Waals surface area contributed by atoms with E-state index in [9.17, 15) is 18.8 Å². The first-order valence-electron chi connectivity index (χ1n) is 5.51. The lowest BCUT2D eigenvalue weighted by atomic mass is 10.1. The van der Waals surface area contributed by atoms with Gasteiger partial charge in [0.25, 0.3) is 5.91 Å². The Kier molecular flexibility index (Phi) is 5.63. The summed E-state index contributed by atoms with van der Waals surface area (Å²) in [5, 5.41) is 19.5. The van der Waals surface area contributed by atoms with Crippen molar-refractivity contribution in [2.75, 3.05) is 0 Å². The van der Waals surface area contributed by atoms with Crippen LogP contribution in [-0.2, 0) is 9.59 Å². The molecule has 0 saturated carbocycles. The van der Waals surface area contributed by atoms with Gasteiger partial charge in [0.15, 0.2) is 0 Å². The zero-order valence-electron chi connectivity index (χ0n) is 10.1. The number of halogens is 2. The van der Waals surface area contributed by atoms with Crippen molar-refractivity contribution in [3.8, 4) is 0 Å². The minimum Gasteiger partial charge on any atom is -0.481 e. The molecule has 1 aromatic carbocycles.